The summed E-state index contributed by atoms with van der Waals surface area (Å²) in [4.78, 5) is 12.5. The van der Waals surface area contributed by atoms with E-state index in [4.69, 9.17) is 22.7 Å². The summed E-state index contributed by atoms with van der Waals surface area (Å²) < 4.78 is 5.49. The number of alkyl carbamates (subject to hydrolysis) is 1. The molecule has 0 saturated heterocycles. The summed E-state index contributed by atoms with van der Waals surface area (Å²) in [6.45, 7) is 0.469. The summed E-state index contributed by atoms with van der Waals surface area (Å²) in [5, 5.41) is 2.68. The molecule has 1 aliphatic rings. The third-order valence-electron chi connectivity index (χ3n) is 5.04. The van der Waals surface area contributed by atoms with Crippen molar-refractivity contribution in [2.45, 2.75) is 5.92 Å². The molecule has 0 fully saturated rings. The number of nitrogens with one attached hydrogen (secondary N) is 1. The largest absolute Gasteiger partial charge is 0.449 e. The summed E-state index contributed by atoms with van der Waals surface area (Å²) in [5.41, 5.74) is 12.0. The fraction of sp³-hybridized carbons (Fsp3) is 0.120. The minimum Gasteiger partial charge on any atom is -0.449 e. The van der Waals surface area contributed by atoms with Crippen molar-refractivity contribution in [3.8, 4) is 23.0 Å². The van der Waals surface area contributed by atoms with Gasteiger partial charge in [0.15, 0.2) is 0 Å². The number of ether oxygens (including phenoxy) is 1. The molecule has 1 amide bonds. The zero-order chi connectivity index (χ0) is 20.9. The lowest BCUT2D eigenvalue weighted by molar-refractivity contribution is 0.144. The summed E-state index contributed by atoms with van der Waals surface area (Å²) in [7, 11) is 0. The van der Waals surface area contributed by atoms with Crippen LogP contribution in [0.2, 0.25) is 0 Å². The lowest BCUT2D eigenvalue weighted by Crippen LogP contribution is -2.26. The quantitative estimate of drug-likeness (QED) is 0.498. The van der Waals surface area contributed by atoms with E-state index in [0.717, 1.165) is 11.1 Å². The fourth-order valence-corrected chi connectivity index (χ4v) is 3.79. The first kappa shape index (κ1) is 19.7. The SMILES string of the molecule is NC(=S)c1cccc(C#CCNC(=O)OCC2c3ccccc3-c3ccccc32)c1. The van der Waals surface area contributed by atoms with Gasteiger partial charge in [-0.15, -0.1) is 0 Å². The Bertz CT molecular complexity index is 1130. The van der Waals surface area contributed by atoms with Crippen molar-refractivity contribution in [3.63, 3.8) is 0 Å². The van der Waals surface area contributed by atoms with Crippen molar-refractivity contribution in [1.29, 1.82) is 0 Å². The van der Waals surface area contributed by atoms with Gasteiger partial charge in [0.2, 0.25) is 0 Å². The van der Waals surface area contributed by atoms with Crippen LogP contribution < -0.4 is 11.1 Å². The van der Waals surface area contributed by atoms with Crippen LogP contribution in [0.15, 0.2) is 72.8 Å². The summed E-state index contributed by atoms with van der Waals surface area (Å²) in [5.74, 6) is 5.93. The third kappa shape index (κ3) is 4.19. The highest BCUT2D eigenvalue weighted by molar-refractivity contribution is 7.80. The molecular weight excluding hydrogens is 392 g/mol. The minimum atomic E-state index is -0.483. The Kier molecular flexibility index (Phi) is 5.78. The van der Waals surface area contributed by atoms with Gasteiger partial charge < -0.3 is 15.8 Å². The van der Waals surface area contributed by atoms with E-state index >= 15 is 0 Å². The molecule has 4 nitrogen and oxygen atoms in total. The topological polar surface area (TPSA) is 64.3 Å². The first-order chi connectivity index (χ1) is 14.6. The van der Waals surface area contributed by atoms with Crippen molar-refractivity contribution in [1.82, 2.24) is 5.32 Å². The Morgan fingerprint density at radius 2 is 1.67 bits per heavy atom. The molecule has 0 spiro atoms. The van der Waals surface area contributed by atoms with E-state index in [1.807, 2.05) is 48.5 Å². The molecule has 0 unspecified atom stereocenters. The maximum absolute atomic E-state index is 12.1. The zero-order valence-electron chi connectivity index (χ0n) is 16.2. The van der Waals surface area contributed by atoms with Crippen LogP contribution in [0.5, 0.6) is 0 Å². The Labute approximate surface area is 181 Å². The number of carbonyl (C=O) groups is 1. The second-order valence-corrected chi connectivity index (χ2v) is 7.37. The lowest BCUT2D eigenvalue weighted by Gasteiger charge is -2.14. The van der Waals surface area contributed by atoms with Gasteiger partial charge in [0, 0.05) is 17.0 Å². The van der Waals surface area contributed by atoms with Crippen LogP contribution in [0, 0.1) is 11.8 Å². The van der Waals surface area contributed by atoms with Gasteiger partial charge >= 0.3 is 6.09 Å². The average Bonchev–Trinajstić information content (AvgIpc) is 3.09. The van der Waals surface area contributed by atoms with Crippen LogP contribution >= 0.6 is 12.2 Å². The minimum absolute atomic E-state index is 0.0390. The van der Waals surface area contributed by atoms with Gasteiger partial charge in [0.1, 0.15) is 11.6 Å². The molecule has 3 aromatic rings. The molecule has 0 heterocycles. The second-order valence-electron chi connectivity index (χ2n) is 6.93. The summed E-state index contributed by atoms with van der Waals surface area (Å²) >= 11 is 4.97. The Hall–Kier alpha value is -3.62. The number of hydrogen-bond donors (Lipinski definition) is 2. The standard InChI is InChI=1S/C25H20N2O2S/c26-24(30)18-9-5-7-17(15-18)8-6-14-27-25(28)29-16-23-21-12-3-1-10-19(21)20-11-2-4-13-22(20)23/h1-5,7,9-13,15,23H,14,16H2,(H2,26,30)(H,27,28). The van der Waals surface area contributed by atoms with E-state index in [0.29, 0.717) is 4.99 Å². The number of fused-ring (bicyclic) bond motifs is 3. The van der Waals surface area contributed by atoms with E-state index in [9.17, 15) is 4.79 Å². The molecule has 0 aromatic heterocycles. The molecule has 0 atom stereocenters. The molecule has 5 heteroatoms. The predicted octanol–water partition coefficient (Wildman–Crippen LogP) is 4.21. The Balaban J connectivity index is 1.34. The molecular formula is C25H20N2O2S. The Morgan fingerprint density at radius 3 is 2.33 bits per heavy atom. The molecule has 0 saturated carbocycles. The van der Waals surface area contributed by atoms with Crippen molar-refractivity contribution < 1.29 is 9.53 Å². The summed E-state index contributed by atoms with van der Waals surface area (Å²) in [6, 6.07) is 23.8. The van der Waals surface area contributed by atoms with Crippen molar-refractivity contribution in [3.05, 3.63) is 95.1 Å². The number of benzene rings is 3. The van der Waals surface area contributed by atoms with E-state index < -0.39 is 6.09 Å². The van der Waals surface area contributed by atoms with Crippen LogP contribution in [0.4, 0.5) is 4.79 Å². The van der Waals surface area contributed by atoms with Crippen molar-refractivity contribution >= 4 is 23.3 Å². The third-order valence-corrected chi connectivity index (χ3v) is 5.28. The zero-order valence-corrected chi connectivity index (χ0v) is 17.0. The molecule has 30 heavy (non-hydrogen) atoms. The number of thiocarbonyl (C=S) groups is 1. The van der Waals surface area contributed by atoms with E-state index in [1.165, 1.54) is 22.3 Å². The fourth-order valence-electron chi connectivity index (χ4n) is 3.66. The highest BCUT2D eigenvalue weighted by Gasteiger charge is 2.28. The van der Waals surface area contributed by atoms with Crippen LogP contribution in [0.25, 0.3) is 11.1 Å². The molecule has 148 valence electrons. The molecule has 3 aromatic carbocycles. The first-order valence-electron chi connectivity index (χ1n) is 9.61. The van der Waals surface area contributed by atoms with Gasteiger partial charge in [0.25, 0.3) is 0 Å². The van der Waals surface area contributed by atoms with E-state index in [-0.39, 0.29) is 19.1 Å². The second kappa shape index (κ2) is 8.81. The van der Waals surface area contributed by atoms with Gasteiger partial charge in [-0.2, -0.15) is 0 Å². The molecule has 1 aliphatic carbocycles. The summed E-state index contributed by atoms with van der Waals surface area (Å²) in [6.07, 6.45) is -0.483. The van der Waals surface area contributed by atoms with Crippen LogP contribution in [0.3, 0.4) is 0 Å². The van der Waals surface area contributed by atoms with E-state index in [2.05, 4.69) is 41.4 Å². The number of nitrogens with two attached hydrogens (primary N) is 1. The number of carbonyl (C=O) groups excluding carboxylic acids is 1. The predicted molar refractivity (Wildman–Crippen MR) is 122 cm³/mol. The molecule has 3 N–H and O–H groups in total. The van der Waals surface area contributed by atoms with Crippen molar-refractivity contribution in [2.75, 3.05) is 13.2 Å². The van der Waals surface area contributed by atoms with Gasteiger partial charge in [0.05, 0.1) is 6.54 Å². The van der Waals surface area contributed by atoms with Gasteiger partial charge in [-0.05, 0) is 34.4 Å². The number of rotatable bonds is 4. The number of hydrogen-bond acceptors (Lipinski definition) is 3. The highest BCUT2D eigenvalue weighted by atomic mass is 32.1. The average molecular weight is 413 g/mol. The number of amides is 1. The van der Waals surface area contributed by atoms with Crippen molar-refractivity contribution in [2.24, 2.45) is 5.73 Å². The van der Waals surface area contributed by atoms with Gasteiger partial charge in [-0.3, -0.25) is 0 Å². The molecule has 0 bridgehead atoms. The van der Waals surface area contributed by atoms with Gasteiger partial charge in [-0.25, -0.2) is 4.79 Å². The smallest absolute Gasteiger partial charge is 0.407 e. The molecule has 0 aliphatic heterocycles. The highest BCUT2D eigenvalue weighted by Crippen LogP contribution is 2.44. The molecule has 0 radical (unpaired) electrons. The normalized spacial score (nSPS) is 11.6. The van der Waals surface area contributed by atoms with E-state index in [1.54, 1.807) is 0 Å². The molecule has 4 rings (SSSR count). The maximum atomic E-state index is 12.1. The monoisotopic (exact) mass is 412 g/mol. The van der Waals surface area contributed by atoms with Crippen LogP contribution in [-0.2, 0) is 4.74 Å². The maximum Gasteiger partial charge on any atom is 0.407 e. The van der Waals surface area contributed by atoms with Crippen LogP contribution in [0.1, 0.15) is 28.2 Å². The van der Waals surface area contributed by atoms with Gasteiger partial charge in [-0.1, -0.05) is 84.7 Å². The lowest BCUT2D eigenvalue weighted by atomic mass is 9.98. The Morgan fingerprint density at radius 1 is 1.00 bits per heavy atom. The first-order valence-corrected chi connectivity index (χ1v) is 10.0. The van der Waals surface area contributed by atoms with Crippen LogP contribution in [-0.4, -0.2) is 24.2 Å².